The highest BCUT2D eigenvalue weighted by molar-refractivity contribution is 5.69. The number of hydrogen-bond donors (Lipinski definition) is 1. The van der Waals surface area contributed by atoms with E-state index < -0.39 is 0 Å². The normalized spacial score (nSPS) is 11.9. The molecular formula is C47H89NO7. The van der Waals surface area contributed by atoms with Crippen molar-refractivity contribution < 1.29 is 33.6 Å². The highest BCUT2D eigenvalue weighted by atomic mass is 16.7. The Balaban J connectivity index is 3.94. The quantitative estimate of drug-likeness (QED) is 0.0283. The Hall–Kier alpha value is -1.74. The molecule has 8 nitrogen and oxygen atoms in total. The maximum atomic E-state index is 12.4. The SMILES string of the molecule is CC/C=C\CCCCOC(CCCC(=O)OCCCCCCCN(CCO)CCCCCC(=O)OCCCCCCCCCCC)OCCCC/C=C\CC. The lowest BCUT2D eigenvalue weighted by atomic mass is 10.1. The molecule has 0 aliphatic carbocycles. The summed E-state index contributed by atoms with van der Waals surface area (Å²) < 4.78 is 23.1. The van der Waals surface area contributed by atoms with Crippen molar-refractivity contribution in [2.24, 2.45) is 0 Å². The van der Waals surface area contributed by atoms with Crippen LogP contribution in [0.3, 0.4) is 0 Å². The van der Waals surface area contributed by atoms with Crippen LogP contribution in [0.15, 0.2) is 24.3 Å². The lowest BCUT2D eigenvalue weighted by Crippen LogP contribution is -2.29. The second-order valence-corrected chi connectivity index (χ2v) is 15.2. The smallest absolute Gasteiger partial charge is 0.305 e. The summed E-state index contributed by atoms with van der Waals surface area (Å²) in [6.45, 7) is 11.8. The molecule has 0 aliphatic rings. The van der Waals surface area contributed by atoms with Crippen LogP contribution >= 0.6 is 0 Å². The van der Waals surface area contributed by atoms with Crippen molar-refractivity contribution in [3.05, 3.63) is 24.3 Å². The summed E-state index contributed by atoms with van der Waals surface area (Å²) in [5.74, 6) is -0.190. The van der Waals surface area contributed by atoms with Crippen LogP contribution in [0, 0.1) is 0 Å². The van der Waals surface area contributed by atoms with Crippen LogP contribution in [0.5, 0.6) is 0 Å². The van der Waals surface area contributed by atoms with Crippen molar-refractivity contribution >= 4 is 11.9 Å². The summed E-state index contributed by atoms with van der Waals surface area (Å²) in [6, 6.07) is 0. The molecule has 0 heterocycles. The molecule has 0 radical (unpaired) electrons. The molecule has 0 bridgehead atoms. The summed E-state index contributed by atoms with van der Waals surface area (Å²) >= 11 is 0. The van der Waals surface area contributed by atoms with E-state index >= 15 is 0 Å². The van der Waals surface area contributed by atoms with Gasteiger partial charge in [0.25, 0.3) is 0 Å². The molecule has 0 unspecified atom stereocenters. The molecule has 0 atom stereocenters. The molecule has 0 rings (SSSR count). The average Bonchev–Trinajstić information content (AvgIpc) is 3.18. The number of rotatable bonds is 44. The van der Waals surface area contributed by atoms with Gasteiger partial charge in [-0.3, -0.25) is 9.59 Å². The van der Waals surface area contributed by atoms with Gasteiger partial charge < -0.3 is 29.0 Å². The first-order valence-electron chi connectivity index (χ1n) is 23.2. The molecule has 0 saturated carbocycles. The maximum absolute atomic E-state index is 12.4. The van der Waals surface area contributed by atoms with E-state index in [9.17, 15) is 14.7 Å². The van der Waals surface area contributed by atoms with Crippen molar-refractivity contribution in [1.82, 2.24) is 4.90 Å². The fourth-order valence-electron chi connectivity index (χ4n) is 6.51. The molecule has 0 aromatic carbocycles. The summed E-state index contributed by atoms with van der Waals surface area (Å²) in [5, 5.41) is 9.52. The highest BCUT2D eigenvalue weighted by Gasteiger charge is 2.12. The number of aliphatic hydroxyl groups is 1. The molecule has 55 heavy (non-hydrogen) atoms. The fourth-order valence-corrected chi connectivity index (χ4v) is 6.51. The topological polar surface area (TPSA) is 94.5 Å². The van der Waals surface area contributed by atoms with Gasteiger partial charge >= 0.3 is 11.9 Å². The Bertz CT molecular complexity index is 840. The summed E-state index contributed by atoms with van der Waals surface area (Å²) in [7, 11) is 0. The van der Waals surface area contributed by atoms with Gasteiger partial charge in [0.15, 0.2) is 6.29 Å². The van der Waals surface area contributed by atoms with Crippen molar-refractivity contribution in [3.8, 4) is 0 Å². The van der Waals surface area contributed by atoms with Gasteiger partial charge in [-0.2, -0.15) is 0 Å². The minimum Gasteiger partial charge on any atom is -0.466 e. The van der Waals surface area contributed by atoms with Crippen LogP contribution in [0.2, 0.25) is 0 Å². The molecule has 0 amide bonds. The average molecular weight is 780 g/mol. The Kier molecular flexibility index (Phi) is 43.5. The summed E-state index contributed by atoms with van der Waals surface area (Å²) in [5.41, 5.74) is 0. The number of carbonyl (C=O) groups is 2. The largest absolute Gasteiger partial charge is 0.466 e. The van der Waals surface area contributed by atoms with E-state index in [0.717, 1.165) is 129 Å². The number of unbranched alkanes of at least 4 members (excludes halogenated alkanes) is 18. The fraction of sp³-hybridized carbons (Fsp3) is 0.872. The predicted molar refractivity (Wildman–Crippen MR) is 230 cm³/mol. The molecule has 0 aromatic rings. The highest BCUT2D eigenvalue weighted by Crippen LogP contribution is 2.13. The zero-order valence-electron chi connectivity index (χ0n) is 36.4. The number of aliphatic hydroxyl groups excluding tert-OH is 1. The Morgan fingerprint density at radius 2 is 0.927 bits per heavy atom. The van der Waals surface area contributed by atoms with E-state index in [1.54, 1.807) is 0 Å². The molecular weight excluding hydrogens is 691 g/mol. The Labute approximate surface area is 339 Å². The van der Waals surface area contributed by atoms with Gasteiger partial charge in [0, 0.05) is 32.6 Å². The van der Waals surface area contributed by atoms with Gasteiger partial charge in [0.2, 0.25) is 0 Å². The van der Waals surface area contributed by atoms with Crippen molar-refractivity contribution in [3.63, 3.8) is 0 Å². The van der Waals surface area contributed by atoms with E-state index in [0.29, 0.717) is 58.7 Å². The molecule has 0 fully saturated rings. The van der Waals surface area contributed by atoms with E-state index in [4.69, 9.17) is 18.9 Å². The van der Waals surface area contributed by atoms with E-state index in [1.165, 1.54) is 44.9 Å². The minimum atomic E-state index is -0.256. The number of hydrogen-bond acceptors (Lipinski definition) is 8. The number of allylic oxidation sites excluding steroid dienone is 4. The first-order valence-corrected chi connectivity index (χ1v) is 23.2. The van der Waals surface area contributed by atoms with Crippen LogP contribution in [0.4, 0.5) is 0 Å². The van der Waals surface area contributed by atoms with Crippen molar-refractivity contribution in [1.29, 1.82) is 0 Å². The van der Waals surface area contributed by atoms with Crippen molar-refractivity contribution in [2.75, 3.05) is 52.7 Å². The first kappa shape index (κ1) is 53.3. The van der Waals surface area contributed by atoms with E-state index in [1.807, 2.05) is 0 Å². The minimum absolute atomic E-state index is 0.0597. The standard InChI is InChI=1S/C47H89NO7/c1-4-7-10-13-16-17-18-23-29-41-52-45(50)34-26-25-28-38-48(39-40-49)37-27-20-19-24-30-42-53-46(51)35-33-36-47(54-43-31-21-14-11-8-5-2)55-44-32-22-15-12-9-6-3/h8-9,11-12,47,49H,4-7,10,13-44H2,1-3H3/b11-8-,12-9-. The molecule has 8 heteroatoms. The van der Waals surface area contributed by atoms with Gasteiger partial charge in [-0.25, -0.2) is 0 Å². The third kappa shape index (κ3) is 41.7. The van der Waals surface area contributed by atoms with Crippen LogP contribution in [0.1, 0.15) is 207 Å². The third-order valence-electron chi connectivity index (χ3n) is 9.93. The number of ether oxygens (including phenoxy) is 4. The van der Waals surface area contributed by atoms with Crippen molar-refractivity contribution in [2.45, 2.75) is 213 Å². The van der Waals surface area contributed by atoms with Gasteiger partial charge in [0.1, 0.15) is 0 Å². The number of carbonyl (C=O) groups excluding carboxylic acids is 2. The molecule has 0 aromatic heterocycles. The van der Waals surface area contributed by atoms with E-state index in [-0.39, 0.29) is 24.8 Å². The zero-order chi connectivity index (χ0) is 40.1. The molecule has 0 aliphatic heterocycles. The lowest BCUT2D eigenvalue weighted by molar-refractivity contribution is -0.152. The van der Waals surface area contributed by atoms with Gasteiger partial charge in [0.05, 0.1) is 19.8 Å². The van der Waals surface area contributed by atoms with Crippen LogP contribution in [-0.4, -0.2) is 80.9 Å². The third-order valence-corrected chi connectivity index (χ3v) is 9.93. The van der Waals surface area contributed by atoms with Crippen LogP contribution in [0.25, 0.3) is 0 Å². The van der Waals surface area contributed by atoms with E-state index in [2.05, 4.69) is 50.0 Å². The second kappa shape index (κ2) is 45.0. The van der Waals surface area contributed by atoms with Gasteiger partial charge in [-0.1, -0.05) is 122 Å². The van der Waals surface area contributed by atoms with Gasteiger partial charge in [-0.05, 0) is 109 Å². The second-order valence-electron chi connectivity index (χ2n) is 15.2. The Morgan fingerprint density at radius 1 is 0.491 bits per heavy atom. The van der Waals surface area contributed by atoms with Crippen LogP contribution < -0.4 is 0 Å². The first-order chi connectivity index (χ1) is 27.1. The monoisotopic (exact) mass is 780 g/mol. The summed E-state index contributed by atoms with van der Waals surface area (Å²) in [4.78, 5) is 26.8. The lowest BCUT2D eigenvalue weighted by Gasteiger charge is -2.21. The van der Waals surface area contributed by atoms with Gasteiger partial charge in [-0.15, -0.1) is 0 Å². The predicted octanol–water partition coefficient (Wildman–Crippen LogP) is 12.2. The molecule has 0 spiro atoms. The summed E-state index contributed by atoms with van der Waals surface area (Å²) in [6.07, 6.45) is 39.2. The van der Waals surface area contributed by atoms with Crippen LogP contribution in [-0.2, 0) is 28.5 Å². The molecule has 324 valence electrons. The molecule has 0 saturated heterocycles. The Morgan fingerprint density at radius 3 is 1.42 bits per heavy atom. The molecule has 1 N–H and O–H groups in total. The maximum Gasteiger partial charge on any atom is 0.305 e. The number of nitrogens with zero attached hydrogens (tertiary/aromatic N) is 1. The zero-order valence-corrected chi connectivity index (χ0v) is 36.4. The number of esters is 2.